The molecular formula is C25H25N7O2S. The minimum atomic E-state index is -0.351. The number of aromatic nitrogens is 4. The van der Waals surface area contributed by atoms with Crippen molar-refractivity contribution < 1.29 is 9.59 Å². The highest BCUT2D eigenvalue weighted by Gasteiger charge is 2.27. The lowest BCUT2D eigenvalue weighted by molar-refractivity contribution is -0.126. The summed E-state index contributed by atoms with van der Waals surface area (Å²) in [5.41, 5.74) is 8.62. The molecule has 0 aliphatic carbocycles. The van der Waals surface area contributed by atoms with Crippen LogP contribution in [0.1, 0.15) is 28.8 Å². The molecule has 2 amide bonds. The van der Waals surface area contributed by atoms with E-state index in [1.165, 1.54) is 0 Å². The largest absolute Gasteiger partial charge is 0.355 e. The van der Waals surface area contributed by atoms with Crippen LogP contribution < -0.4 is 15.8 Å². The first-order chi connectivity index (χ1) is 17.2. The Hall–Kier alpha value is -3.92. The molecule has 1 atom stereocenters. The van der Waals surface area contributed by atoms with Crippen LogP contribution >= 0.6 is 11.8 Å². The number of nitrogens with zero attached hydrogens (tertiary/aromatic N) is 4. The molecule has 9 nitrogen and oxygen atoms in total. The number of fused-ring (bicyclic) bond motifs is 1. The number of imidazole rings is 1. The summed E-state index contributed by atoms with van der Waals surface area (Å²) in [5, 5.41) is 0.858. The van der Waals surface area contributed by atoms with Gasteiger partial charge in [-0.2, -0.15) is 0 Å². The van der Waals surface area contributed by atoms with E-state index >= 15 is 0 Å². The molecule has 1 aliphatic heterocycles. The first-order valence-electron chi connectivity index (χ1n) is 11.4. The third kappa shape index (κ3) is 5.60. The SMILES string of the molecule is O=C(NNC(=O)C1CCCN(c2cnccn2)C1)c1ccc(CSc2nc3ccccc3[nH]2)cc1. The van der Waals surface area contributed by atoms with Crippen LogP contribution in [-0.4, -0.2) is 44.8 Å². The molecule has 0 spiro atoms. The lowest BCUT2D eigenvalue weighted by atomic mass is 9.97. The van der Waals surface area contributed by atoms with E-state index in [1.54, 1.807) is 42.5 Å². The van der Waals surface area contributed by atoms with Gasteiger partial charge in [-0.05, 0) is 42.7 Å². The highest BCUT2D eigenvalue weighted by atomic mass is 32.2. The van der Waals surface area contributed by atoms with Crippen LogP contribution in [0.25, 0.3) is 11.0 Å². The number of rotatable bonds is 6. The zero-order valence-corrected chi connectivity index (χ0v) is 19.8. The van der Waals surface area contributed by atoms with Gasteiger partial charge in [0, 0.05) is 36.8 Å². The number of para-hydroxylation sites is 2. The van der Waals surface area contributed by atoms with E-state index in [9.17, 15) is 9.59 Å². The quantitative estimate of drug-likeness (QED) is 0.282. The van der Waals surface area contributed by atoms with Crippen molar-refractivity contribution in [1.29, 1.82) is 0 Å². The van der Waals surface area contributed by atoms with Crippen LogP contribution in [0.5, 0.6) is 0 Å². The van der Waals surface area contributed by atoms with Gasteiger partial charge in [0.25, 0.3) is 5.91 Å². The molecule has 3 N–H and O–H groups in total. The number of aromatic amines is 1. The minimum absolute atomic E-state index is 0.203. The van der Waals surface area contributed by atoms with Crippen molar-refractivity contribution in [3.63, 3.8) is 0 Å². The van der Waals surface area contributed by atoms with Crippen molar-refractivity contribution in [3.8, 4) is 0 Å². The number of amides is 2. The van der Waals surface area contributed by atoms with Crippen molar-refractivity contribution in [3.05, 3.63) is 78.2 Å². The van der Waals surface area contributed by atoms with E-state index in [2.05, 4.69) is 30.8 Å². The number of piperidine rings is 1. The molecule has 1 aliphatic rings. The molecule has 178 valence electrons. The molecule has 1 fully saturated rings. The second-order valence-electron chi connectivity index (χ2n) is 8.34. The minimum Gasteiger partial charge on any atom is -0.355 e. The van der Waals surface area contributed by atoms with Gasteiger partial charge in [-0.1, -0.05) is 36.0 Å². The van der Waals surface area contributed by atoms with E-state index in [0.717, 1.165) is 52.7 Å². The molecule has 1 saturated heterocycles. The zero-order chi connectivity index (χ0) is 24.0. The second-order valence-corrected chi connectivity index (χ2v) is 9.30. The summed E-state index contributed by atoms with van der Waals surface area (Å²) < 4.78 is 0. The fraction of sp³-hybridized carbons (Fsp3) is 0.240. The van der Waals surface area contributed by atoms with Gasteiger partial charge in [0.15, 0.2) is 5.16 Å². The topological polar surface area (TPSA) is 116 Å². The molecule has 0 radical (unpaired) electrons. The lowest BCUT2D eigenvalue weighted by Gasteiger charge is -2.32. The smallest absolute Gasteiger partial charge is 0.269 e. The summed E-state index contributed by atoms with van der Waals surface area (Å²) in [4.78, 5) is 43.5. The Morgan fingerprint density at radius 1 is 1.09 bits per heavy atom. The summed E-state index contributed by atoms with van der Waals surface area (Å²) in [6.45, 7) is 1.37. The standard InChI is InChI=1S/C25H25N7O2S/c33-23(30-31-24(34)19-4-3-13-32(15-19)22-14-26-11-12-27-22)18-9-7-17(8-10-18)16-35-25-28-20-5-1-2-6-21(20)29-25/h1-2,5-12,14,19H,3-4,13,15-16H2,(H,28,29)(H,30,33)(H,31,34). The summed E-state index contributed by atoms with van der Waals surface area (Å²) in [6, 6.07) is 15.3. The predicted molar refractivity (Wildman–Crippen MR) is 135 cm³/mol. The molecule has 1 unspecified atom stereocenters. The number of anilines is 1. The Kier molecular flexibility index (Phi) is 6.89. The summed E-state index contributed by atoms with van der Waals surface area (Å²) in [6.07, 6.45) is 6.59. The molecular weight excluding hydrogens is 462 g/mol. The van der Waals surface area contributed by atoms with Crippen LogP contribution in [0, 0.1) is 5.92 Å². The van der Waals surface area contributed by atoms with Gasteiger partial charge < -0.3 is 9.88 Å². The average molecular weight is 488 g/mol. The number of carbonyl (C=O) groups is 2. The van der Waals surface area contributed by atoms with Crippen molar-refractivity contribution >= 4 is 40.4 Å². The first kappa shape index (κ1) is 22.9. The fourth-order valence-electron chi connectivity index (χ4n) is 4.05. The predicted octanol–water partition coefficient (Wildman–Crippen LogP) is 3.32. The van der Waals surface area contributed by atoms with E-state index < -0.39 is 0 Å². The number of carbonyl (C=O) groups excluding carboxylic acids is 2. The highest BCUT2D eigenvalue weighted by Crippen LogP contribution is 2.23. The van der Waals surface area contributed by atoms with Crippen molar-refractivity contribution in [2.24, 2.45) is 5.92 Å². The third-order valence-electron chi connectivity index (χ3n) is 5.92. The van der Waals surface area contributed by atoms with Crippen molar-refractivity contribution in [2.45, 2.75) is 23.8 Å². The molecule has 2 aromatic heterocycles. The van der Waals surface area contributed by atoms with Crippen LogP contribution in [0.15, 0.2) is 72.3 Å². The monoisotopic (exact) mass is 487 g/mol. The number of H-pyrrole nitrogens is 1. The summed E-state index contributed by atoms with van der Waals surface area (Å²) in [5.74, 6) is 0.696. The number of hydrazine groups is 1. The number of benzene rings is 2. The van der Waals surface area contributed by atoms with Crippen LogP contribution in [0.4, 0.5) is 5.82 Å². The zero-order valence-electron chi connectivity index (χ0n) is 19.0. The number of hydrogen-bond donors (Lipinski definition) is 3. The van der Waals surface area contributed by atoms with Gasteiger partial charge >= 0.3 is 0 Å². The molecule has 5 rings (SSSR count). The van der Waals surface area contributed by atoms with Gasteiger partial charge in [-0.15, -0.1) is 0 Å². The number of nitrogens with one attached hydrogen (secondary N) is 3. The maximum absolute atomic E-state index is 12.6. The fourth-order valence-corrected chi connectivity index (χ4v) is 4.89. The van der Waals surface area contributed by atoms with E-state index in [0.29, 0.717) is 12.1 Å². The van der Waals surface area contributed by atoms with Crippen molar-refractivity contribution in [2.75, 3.05) is 18.0 Å². The van der Waals surface area contributed by atoms with Gasteiger partial charge in [-0.25, -0.2) is 9.97 Å². The van der Waals surface area contributed by atoms with Crippen molar-refractivity contribution in [1.82, 2.24) is 30.8 Å². The maximum Gasteiger partial charge on any atom is 0.269 e. The Labute approximate surface area is 206 Å². The Bertz CT molecular complexity index is 1280. The van der Waals surface area contributed by atoms with Gasteiger partial charge in [-0.3, -0.25) is 25.4 Å². The second kappa shape index (κ2) is 10.6. The molecule has 4 aromatic rings. The normalized spacial score (nSPS) is 15.7. The maximum atomic E-state index is 12.6. The van der Waals surface area contributed by atoms with E-state index in [-0.39, 0.29) is 17.7 Å². The van der Waals surface area contributed by atoms with Gasteiger partial charge in [0.1, 0.15) is 5.82 Å². The highest BCUT2D eigenvalue weighted by molar-refractivity contribution is 7.98. The Balaban J connectivity index is 1.10. The number of thioether (sulfide) groups is 1. The molecule has 3 heterocycles. The Morgan fingerprint density at radius 3 is 2.74 bits per heavy atom. The van der Waals surface area contributed by atoms with E-state index in [1.807, 2.05) is 41.3 Å². The van der Waals surface area contributed by atoms with Crippen LogP contribution in [0.2, 0.25) is 0 Å². The molecule has 0 saturated carbocycles. The molecule has 10 heteroatoms. The Morgan fingerprint density at radius 2 is 1.94 bits per heavy atom. The van der Waals surface area contributed by atoms with Gasteiger partial charge in [0.05, 0.1) is 23.1 Å². The average Bonchev–Trinajstić information content (AvgIpc) is 3.34. The summed E-state index contributed by atoms with van der Waals surface area (Å²) in [7, 11) is 0. The molecule has 0 bridgehead atoms. The number of hydrogen-bond acceptors (Lipinski definition) is 7. The van der Waals surface area contributed by atoms with E-state index in [4.69, 9.17) is 0 Å². The van der Waals surface area contributed by atoms with Crippen LogP contribution in [-0.2, 0) is 10.5 Å². The molecule has 35 heavy (non-hydrogen) atoms. The third-order valence-corrected chi connectivity index (χ3v) is 6.87. The van der Waals surface area contributed by atoms with Crippen LogP contribution in [0.3, 0.4) is 0 Å². The summed E-state index contributed by atoms with van der Waals surface area (Å²) >= 11 is 1.61. The van der Waals surface area contributed by atoms with Gasteiger partial charge in [0.2, 0.25) is 5.91 Å². The first-order valence-corrected chi connectivity index (χ1v) is 12.4. The molecule has 2 aromatic carbocycles. The lowest BCUT2D eigenvalue weighted by Crippen LogP contribution is -2.49.